The lowest BCUT2D eigenvalue weighted by molar-refractivity contribution is 0.669. The average molecular weight is 734 g/mol. The number of furan rings is 1. The Kier molecular flexibility index (Phi) is 7.64. The third-order valence-electron chi connectivity index (χ3n) is 10.6. The zero-order chi connectivity index (χ0) is 37.0. The first-order chi connectivity index (χ1) is 27.7. The molecule has 56 heavy (non-hydrogen) atoms. The molecule has 0 amide bonds. The molecule has 4 nitrogen and oxygen atoms in total. The molecular weight excluding hydrogens is 703 g/mol. The highest BCUT2D eigenvalue weighted by Crippen LogP contribution is 2.43. The van der Waals surface area contributed by atoms with E-state index in [1.807, 2.05) is 47.7 Å². The molecule has 0 saturated heterocycles. The topological polar surface area (TPSA) is 51.8 Å². The molecule has 0 aliphatic rings. The monoisotopic (exact) mass is 733 g/mol. The summed E-state index contributed by atoms with van der Waals surface area (Å²) in [6.07, 6.45) is 0. The largest absolute Gasteiger partial charge is 0.456 e. The van der Waals surface area contributed by atoms with Crippen LogP contribution >= 0.6 is 11.3 Å². The molecule has 11 rings (SSSR count). The molecule has 0 unspecified atom stereocenters. The van der Waals surface area contributed by atoms with Gasteiger partial charge in [0, 0.05) is 47.6 Å². The molecule has 0 fully saturated rings. The number of rotatable bonds is 6. The van der Waals surface area contributed by atoms with Gasteiger partial charge in [-0.15, -0.1) is 11.3 Å². The van der Waals surface area contributed by atoms with Crippen molar-refractivity contribution in [2.75, 3.05) is 0 Å². The number of hydrogen-bond donors (Lipinski definition) is 0. The highest BCUT2D eigenvalue weighted by Gasteiger charge is 2.17. The highest BCUT2D eigenvalue weighted by atomic mass is 32.1. The van der Waals surface area contributed by atoms with Crippen LogP contribution in [0.2, 0.25) is 0 Å². The third-order valence-corrected chi connectivity index (χ3v) is 11.8. The SMILES string of the molecule is c1ccc(-c2ccc(-c3nc(-c4ccccc4)nc(-c4ccc5c(c4)oc4cc(-c6cccc7c6sc6ccc(-c8ccccc8)cc67)ccc45)n3)cc2)cc1. The Morgan fingerprint density at radius 3 is 1.46 bits per heavy atom. The van der Waals surface area contributed by atoms with E-state index < -0.39 is 0 Å². The summed E-state index contributed by atoms with van der Waals surface area (Å²) in [5, 5.41) is 4.68. The highest BCUT2D eigenvalue weighted by molar-refractivity contribution is 7.26. The molecule has 0 bridgehead atoms. The average Bonchev–Trinajstić information content (AvgIpc) is 3.84. The van der Waals surface area contributed by atoms with Crippen molar-refractivity contribution in [3.8, 4) is 67.5 Å². The second-order valence-corrected chi connectivity index (χ2v) is 15.1. The van der Waals surface area contributed by atoms with Gasteiger partial charge in [0.1, 0.15) is 11.2 Å². The quantitative estimate of drug-likeness (QED) is 0.171. The van der Waals surface area contributed by atoms with E-state index in [1.165, 1.54) is 42.4 Å². The fourth-order valence-corrected chi connectivity index (χ4v) is 8.93. The van der Waals surface area contributed by atoms with E-state index in [1.54, 1.807) is 0 Å². The molecule has 11 aromatic rings. The van der Waals surface area contributed by atoms with Gasteiger partial charge >= 0.3 is 0 Å². The second-order valence-electron chi connectivity index (χ2n) is 14.0. The van der Waals surface area contributed by atoms with Crippen molar-refractivity contribution < 1.29 is 4.42 Å². The van der Waals surface area contributed by atoms with Crippen LogP contribution in [0.15, 0.2) is 192 Å². The van der Waals surface area contributed by atoms with Gasteiger partial charge in [-0.1, -0.05) is 152 Å². The zero-order valence-electron chi connectivity index (χ0n) is 30.1. The molecule has 0 atom stereocenters. The van der Waals surface area contributed by atoms with Gasteiger partial charge in [-0.25, -0.2) is 15.0 Å². The van der Waals surface area contributed by atoms with E-state index in [0.29, 0.717) is 17.5 Å². The summed E-state index contributed by atoms with van der Waals surface area (Å²) in [5.41, 5.74) is 11.5. The van der Waals surface area contributed by atoms with Crippen LogP contribution in [0.25, 0.3) is 110 Å². The molecule has 0 saturated carbocycles. The Hall–Kier alpha value is -7.21. The van der Waals surface area contributed by atoms with Gasteiger partial charge in [0.15, 0.2) is 17.5 Å². The van der Waals surface area contributed by atoms with Crippen LogP contribution in [0.3, 0.4) is 0 Å². The molecule has 0 aliphatic carbocycles. The number of benzene rings is 8. The smallest absolute Gasteiger partial charge is 0.164 e. The molecule has 3 aromatic heterocycles. The lowest BCUT2D eigenvalue weighted by Crippen LogP contribution is -2.00. The first kappa shape index (κ1) is 32.2. The standard InChI is InChI=1S/C51H31N3OS/c1-4-11-32(12-5-1)34-19-21-36(22-20-34)50-52-49(35-15-8-3-9-16-35)53-51(54-50)39-24-27-42-41-26-23-38(30-45(41)55-46(42)31-39)40-17-10-18-43-44-29-37(33-13-6-2-7-14-33)25-28-47(44)56-48(40)43/h1-31H. The third kappa shape index (κ3) is 5.65. The van der Waals surface area contributed by atoms with Crippen molar-refractivity contribution in [1.82, 2.24) is 15.0 Å². The minimum Gasteiger partial charge on any atom is -0.456 e. The molecule has 5 heteroatoms. The normalized spacial score (nSPS) is 11.6. The molecular formula is C51H31N3OS. The van der Waals surface area contributed by atoms with Crippen molar-refractivity contribution in [3.05, 3.63) is 188 Å². The first-order valence-electron chi connectivity index (χ1n) is 18.7. The van der Waals surface area contributed by atoms with Crippen molar-refractivity contribution >= 4 is 53.4 Å². The number of aromatic nitrogens is 3. The van der Waals surface area contributed by atoms with Crippen LogP contribution < -0.4 is 0 Å². The van der Waals surface area contributed by atoms with Gasteiger partial charge in [-0.3, -0.25) is 0 Å². The fourth-order valence-electron chi connectivity index (χ4n) is 7.71. The van der Waals surface area contributed by atoms with Gasteiger partial charge in [0.2, 0.25) is 0 Å². The molecule has 262 valence electrons. The summed E-state index contributed by atoms with van der Waals surface area (Å²) in [7, 11) is 0. The van der Waals surface area contributed by atoms with Crippen molar-refractivity contribution in [2.24, 2.45) is 0 Å². The lowest BCUT2D eigenvalue weighted by atomic mass is 9.99. The van der Waals surface area contributed by atoms with Gasteiger partial charge in [0.25, 0.3) is 0 Å². The molecule has 3 heterocycles. The van der Waals surface area contributed by atoms with E-state index in [4.69, 9.17) is 19.4 Å². The van der Waals surface area contributed by atoms with Crippen LogP contribution in [-0.2, 0) is 0 Å². The summed E-state index contributed by atoms with van der Waals surface area (Å²) >= 11 is 1.85. The van der Waals surface area contributed by atoms with Crippen LogP contribution in [0.4, 0.5) is 0 Å². The lowest BCUT2D eigenvalue weighted by Gasteiger charge is -2.09. The predicted molar refractivity (Wildman–Crippen MR) is 233 cm³/mol. The van der Waals surface area contributed by atoms with Crippen LogP contribution in [0.5, 0.6) is 0 Å². The Bertz CT molecular complexity index is 3230. The molecule has 8 aromatic carbocycles. The maximum absolute atomic E-state index is 6.63. The number of nitrogens with zero attached hydrogens (tertiary/aromatic N) is 3. The molecule has 0 aliphatic heterocycles. The van der Waals surface area contributed by atoms with Crippen molar-refractivity contribution in [2.45, 2.75) is 0 Å². The van der Waals surface area contributed by atoms with E-state index >= 15 is 0 Å². The van der Waals surface area contributed by atoms with E-state index in [0.717, 1.165) is 49.8 Å². The Balaban J connectivity index is 0.982. The summed E-state index contributed by atoms with van der Waals surface area (Å²) in [5.74, 6) is 1.84. The summed E-state index contributed by atoms with van der Waals surface area (Å²) in [6, 6.07) is 65.7. The summed E-state index contributed by atoms with van der Waals surface area (Å²) in [6.45, 7) is 0. The first-order valence-corrected chi connectivity index (χ1v) is 19.5. The Labute approximate surface area is 327 Å². The van der Waals surface area contributed by atoms with Crippen LogP contribution in [0, 0.1) is 0 Å². The zero-order valence-corrected chi connectivity index (χ0v) is 30.9. The van der Waals surface area contributed by atoms with Crippen molar-refractivity contribution in [3.63, 3.8) is 0 Å². The second kappa shape index (κ2) is 13.3. The Morgan fingerprint density at radius 2 is 0.804 bits per heavy atom. The Morgan fingerprint density at radius 1 is 0.321 bits per heavy atom. The van der Waals surface area contributed by atoms with Crippen LogP contribution in [-0.4, -0.2) is 15.0 Å². The maximum atomic E-state index is 6.63. The van der Waals surface area contributed by atoms with E-state index in [2.05, 4.69) is 152 Å². The minimum absolute atomic E-state index is 0.593. The van der Waals surface area contributed by atoms with Gasteiger partial charge in [-0.05, 0) is 69.8 Å². The van der Waals surface area contributed by atoms with Gasteiger partial charge in [0.05, 0.1) is 0 Å². The molecule has 0 spiro atoms. The van der Waals surface area contributed by atoms with E-state index in [9.17, 15) is 0 Å². The molecule has 0 radical (unpaired) electrons. The van der Waals surface area contributed by atoms with Gasteiger partial charge < -0.3 is 4.42 Å². The number of hydrogen-bond acceptors (Lipinski definition) is 5. The fraction of sp³-hybridized carbons (Fsp3) is 0. The van der Waals surface area contributed by atoms with Gasteiger partial charge in [-0.2, -0.15) is 0 Å². The minimum atomic E-state index is 0.593. The summed E-state index contributed by atoms with van der Waals surface area (Å²) in [4.78, 5) is 15.0. The summed E-state index contributed by atoms with van der Waals surface area (Å²) < 4.78 is 9.19. The maximum Gasteiger partial charge on any atom is 0.164 e. The van der Waals surface area contributed by atoms with Crippen molar-refractivity contribution in [1.29, 1.82) is 0 Å². The number of thiophene rings is 1. The number of fused-ring (bicyclic) bond motifs is 6. The van der Waals surface area contributed by atoms with Crippen LogP contribution in [0.1, 0.15) is 0 Å². The predicted octanol–water partition coefficient (Wildman–Crippen LogP) is 14.1. The van der Waals surface area contributed by atoms with E-state index in [-0.39, 0.29) is 0 Å². The molecule has 0 N–H and O–H groups in total.